The van der Waals surface area contributed by atoms with Crippen LogP contribution in [0.4, 0.5) is 0 Å². The molecule has 0 bridgehead atoms. The minimum Gasteiger partial charge on any atom is -0.857 e. The summed E-state index contributed by atoms with van der Waals surface area (Å²) in [5.41, 5.74) is 2.87. The molecule has 0 saturated heterocycles. The van der Waals surface area contributed by atoms with E-state index >= 15 is 0 Å². The van der Waals surface area contributed by atoms with Crippen LogP contribution in [0.1, 0.15) is 170 Å². The Bertz CT molecular complexity index is 1790. The first-order valence-electron chi connectivity index (χ1n) is 23.3. The summed E-state index contributed by atoms with van der Waals surface area (Å²) in [7, 11) is 4.58. The van der Waals surface area contributed by atoms with Crippen LogP contribution in [0.3, 0.4) is 0 Å². The molecule has 6 atom stereocenters. The van der Waals surface area contributed by atoms with E-state index in [2.05, 4.69) is 44.6 Å². The number of allylic oxidation sites excluding steroid dienone is 4. The Balaban J connectivity index is 0.000000450. The van der Waals surface area contributed by atoms with E-state index in [-0.39, 0.29) is 75.1 Å². The Kier molecular flexibility index (Phi) is 25.1. The third kappa shape index (κ3) is 13.0. The van der Waals surface area contributed by atoms with Crippen molar-refractivity contribution in [1.29, 1.82) is 0 Å². The normalized spacial score (nSPS) is 30.4. The standard InChI is InChI=1S/C19H28O3.C17H22O3.C8H12O3.C5H9ClO.CH4O.CH3O.Na/c1-17(2)13-8-12-19(16(21)22-4)10-6-5-7-14(19)18(13,3)11-9-15(17)20;1-11-12-6-10-17(15(19)20)8-4-3-5-14(17)16(12,2)9-7-13(11)18;1-11-8(10)6-4-2-3-5-7(6)9;1-2-5(7)3-4-6;2*1-2;/h7,13H,5-6,8-12H2,1-4H3;5H,3-4,6-10H2,1-2H3,(H,19,20);6H,2-5H2,1H3;2-4H2,1H3;2H,1H3;1H3;/q;;;;;-1;+1/t13-,18-,19-;16-,17-;;;;;/m00...../s1. The van der Waals surface area contributed by atoms with E-state index in [0.717, 1.165) is 109 Å². The largest absolute Gasteiger partial charge is 1.00 e. The van der Waals surface area contributed by atoms with Crippen LogP contribution >= 0.6 is 11.6 Å². The fourth-order valence-electron chi connectivity index (χ4n) is 12.1. The quantitative estimate of drug-likeness (QED) is 0.107. The van der Waals surface area contributed by atoms with Crippen LogP contribution in [0.5, 0.6) is 0 Å². The molecule has 0 aromatic rings. The van der Waals surface area contributed by atoms with Gasteiger partial charge in [0, 0.05) is 55.9 Å². The van der Waals surface area contributed by atoms with Crippen molar-refractivity contribution in [3.05, 3.63) is 34.4 Å². The minimum absolute atomic E-state index is 0. The molecule has 0 spiro atoms. The number of Topliss-reactive ketones (excluding diaryl/α,β-unsaturated/α-hetero) is 4. The zero-order valence-corrected chi connectivity index (χ0v) is 44.3. The van der Waals surface area contributed by atoms with Crippen molar-refractivity contribution in [2.24, 2.45) is 38.9 Å². The number of aliphatic carboxylic acids is 1. The summed E-state index contributed by atoms with van der Waals surface area (Å²) in [6.45, 7) is 12.4. The second kappa shape index (κ2) is 26.9. The number of carbonyl (C=O) groups excluding carboxylic acids is 6. The van der Waals surface area contributed by atoms with Gasteiger partial charge in [-0.25, -0.2) is 0 Å². The van der Waals surface area contributed by atoms with E-state index in [1.165, 1.54) is 25.4 Å². The Hall–Kier alpha value is -2.48. The Labute approximate surface area is 415 Å². The van der Waals surface area contributed by atoms with Crippen molar-refractivity contribution in [3.8, 4) is 0 Å². The maximum atomic E-state index is 12.6. The summed E-state index contributed by atoms with van der Waals surface area (Å²) >= 11 is 5.25. The molecule has 1 unspecified atom stereocenters. The predicted molar refractivity (Wildman–Crippen MR) is 245 cm³/mol. The molecule has 0 radical (unpaired) electrons. The number of esters is 2. The van der Waals surface area contributed by atoms with Gasteiger partial charge in [0.25, 0.3) is 0 Å². The maximum Gasteiger partial charge on any atom is 1.00 e. The molecular weight excluding hydrogens is 863 g/mol. The molecule has 2 N–H and O–H groups in total. The number of aliphatic hydroxyl groups excluding tert-OH is 1. The number of methoxy groups -OCH3 is 2. The van der Waals surface area contributed by atoms with Gasteiger partial charge in [0.1, 0.15) is 23.3 Å². The van der Waals surface area contributed by atoms with Crippen LogP contribution in [-0.4, -0.2) is 85.6 Å². The summed E-state index contributed by atoms with van der Waals surface area (Å²) in [6, 6.07) is 0. The summed E-state index contributed by atoms with van der Waals surface area (Å²) in [5, 5.41) is 25.1. The fourth-order valence-corrected chi connectivity index (χ4v) is 12.4. The van der Waals surface area contributed by atoms with Crippen LogP contribution in [-0.2, 0) is 43.0 Å². The molecule has 0 aromatic carbocycles. The first-order valence-corrected chi connectivity index (χ1v) is 23.8. The van der Waals surface area contributed by atoms with Crippen molar-refractivity contribution in [2.45, 2.75) is 170 Å². The Morgan fingerprint density at radius 2 is 1.37 bits per heavy atom. The summed E-state index contributed by atoms with van der Waals surface area (Å²) < 4.78 is 9.70. The van der Waals surface area contributed by atoms with Gasteiger partial charge < -0.3 is 24.8 Å². The second-order valence-corrected chi connectivity index (χ2v) is 19.5. The van der Waals surface area contributed by atoms with Crippen LogP contribution < -0.4 is 34.7 Å². The van der Waals surface area contributed by atoms with Crippen molar-refractivity contribution in [3.63, 3.8) is 0 Å². The molecule has 4 fully saturated rings. The molecule has 0 aromatic heterocycles. The number of carbonyl (C=O) groups is 7. The number of carboxylic acid groups (broad SMARTS) is 1. The van der Waals surface area contributed by atoms with Gasteiger partial charge in [-0.15, -0.1) is 11.6 Å². The van der Waals surface area contributed by atoms with E-state index in [4.69, 9.17) is 26.6 Å². The molecule has 0 amide bonds. The summed E-state index contributed by atoms with van der Waals surface area (Å²) in [6.07, 6.45) is 20.5. The van der Waals surface area contributed by atoms with Crippen LogP contribution in [0, 0.1) is 38.9 Å². The molecule has 4 saturated carbocycles. The third-order valence-electron chi connectivity index (χ3n) is 15.6. The van der Waals surface area contributed by atoms with Crippen LogP contribution in [0.2, 0.25) is 0 Å². The van der Waals surface area contributed by atoms with E-state index in [0.29, 0.717) is 62.5 Å². The topological polar surface area (TPSA) is 201 Å². The molecule has 7 aliphatic rings. The average Bonchev–Trinajstić information content (AvgIpc) is 3.30. The van der Waals surface area contributed by atoms with Gasteiger partial charge in [-0.3, -0.25) is 33.6 Å². The number of carboxylic acids is 1. The average molecular weight is 942 g/mol. The number of aliphatic hydroxyl groups is 1. The van der Waals surface area contributed by atoms with Crippen LogP contribution in [0.15, 0.2) is 34.4 Å². The van der Waals surface area contributed by atoms with Gasteiger partial charge in [-0.2, -0.15) is 7.11 Å². The van der Waals surface area contributed by atoms with Crippen molar-refractivity contribution in [2.75, 3.05) is 34.3 Å². The smallest absolute Gasteiger partial charge is 0.857 e. The number of rotatable bonds is 6. The van der Waals surface area contributed by atoms with Crippen LogP contribution in [0.25, 0.3) is 0 Å². The molecule has 0 heterocycles. The van der Waals surface area contributed by atoms with E-state index in [1.54, 1.807) is 0 Å². The SMILES string of the molecule is CC1=C2CC[C@@]3(C(=O)O)CCCC=C3[C@@]2(C)CCC1=O.CCC(=O)CCCl.CO.COC(=O)C1CCCCC1=O.COC(=O)[C@]12CCCC=C1[C@@]1(C)CCC(=O)C(C)(C)[C@@H]1CC2.C[O-].[Na+]. The number of halogens is 1. The Morgan fingerprint density at radius 1 is 0.769 bits per heavy atom. The van der Waals surface area contributed by atoms with Gasteiger partial charge in [0.05, 0.1) is 25.0 Å². The van der Waals surface area contributed by atoms with E-state index < -0.39 is 22.7 Å². The molecule has 7 aliphatic carbocycles. The van der Waals surface area contributed by atoms with Gasteiger partial charge >= 0.3 is 47.5 Å². The molecule has 7 rings (SSSR count). The molecular formula is C51H78ClNaO12. The van der Waals surface area contributed by atoms with Gasteiger partial charge in [0.2, 0.25) is 0 Å². The van der Waals surface area contributed by atoms with Crippen molar-refractivity contribution < 1.29 is 87.9 Å². The van der Waals surface area contributed by atoms with Gasteiger partial charge in [0.15, 0.2) is 5.78 Å². The third-order valence-corrected chi connectivity index (χ3v) is 15.8. The monoisotopic (exact) mass is 941 g/mol. The first kappa shape index (κ1) is 60.5. The number of hydrogen-bond acceptors (Lipinski definition) is 11. The second-order valence-electron chi connectivity index (χ2n) is 19.1. The van der Waals surface area contributed by atoms with Gasteiger partial charge in [-0.1, -0.05) is 64.3 Å². The number of ether oxygens (including phenoxy) is 2. The number of ketones is 4. The molecule has 0 aliphatic heterocycles. The van der Waals surface area contributed by atoms with E-state index in [1.807, 2.05) is 13.8 Å². The Morgan fingerprint density at radius 3 is 1.89 bits per heavy atom. The number of hydrogen-bond donors (Lipinski definition) is 2. The fraction of sp³-hybridized carbons (Fsp3) is 0.745. The van der Waals surface area contributed by atoms with Crippen molar-refractivity contribution >= 4 is 52.6 Å². The number of alkyl halides is 1. The molecule has 65 heavy (non-hydrogen) atoms. The summed E-state index contributed by atoms with van der Waals surface area (Å²) in [4.78, 5) is 81.3. The summed E-state index contributed by atoms with van der Waals surface area (Å²) in [5.74, 6) is 0.164. The number of fused-ring (bicyclic) bond motifs is 6. The minimum atomic E-state index is -0.669. The van der Waals surface area contributed by atoms with E-state index in [9.17, 15) is 38.7 Å². The zero-order valence-electron chi connectivity index (χ0n) is 41.5. The molecule has 14 heteroatoms. The van der Waals surface area contributed by atoms with Gasteiger partial charge in [-0.05, 0) is 119 Å². The maximum absolute atomic E-state index is 12.6. The predicted octanol–water partition coefficient (Wildman–Crippen LogP) is 5.81. The zero-order chi connectivity index (χ0) is 48.7. The molecule has 362 valence electrons. The molecule has 12 nitrogen and oxygen atoms in total. The first-order chi connectivity index (χ1) is 30.3. The van der Waals surface area contributed by atoms with Crippen molar-refractivity contribution in [1.82, 2.24) is 0 Å².